The second kappa shape index (κ2) is 6.77. The molecule has 1 aromatic heterocycles. The molecule has 1 saturated carbocycles. The first-order valence-electron chi connectivity index (χ1n) is 10.3. The molecule has 6 heteroatoms. The van der Waals surface area contributed by atoms with Crippen LogP contribution in [0.1, 0.15) is 42.6 Å². The number of ether oxygens (including phenoxy) is 1. The highest BCUT2D eigenvalue weighted by Gasteiger charge is 2.48. The molecule has 0 radical (unpaired) electrons. The fraction of sp³-hybridized carbons (Fsp3) is 0.375. The number of aliphatic hydroxyl groups is 1. The van der Waals surface area contributed by atoms with Crippen LogP contribution in [-0.4, -0.2) is 44.6 Å². The number of carbonyl (C=O) groups is 1. The lowest BCUT2D eigenvalue weighted by molar-refractivity contribution is -0.0224. The smallest absolute Gasteiger partial charge is 0.255 e. The van der Waals surface area contributed by atoms with Crippen LogP contribution in [0, 0.1) is 5.92 Å². The number of methoxy groups -OCH3 is 1. The molecule has 2 aliphatic rings. The molecule has 1 fully saturated rings. The molecule has 5 rings (SSSR count). The Morgan fingerprint density at radius 3 is 2.70 bits per heavy atom. The zero-order valence-electron chi connectivity index (χ0n) is 17.4. The average Bonchev–Trinajstić information content (AvgIpc) is 3.50. The van der Waals surface area contributed by atoms with Crippen LogP contribution in [-0.2, 0) is 6.54 Å². The van der Waals surface area contributed by atoms with Gasteiger partial charge in [0.05, 0.1) is 41.5 Å². The predicted octanol–water partition coefficient (Wildman–Crippen LogP) is 3.81. The number of rotatable bonds is 5. The Morgan fingerprint density at radius 1 is 1.20 bits per heavy atom. The minimum Gasteiger partial charge on any atom is -0.480 e. The Labute approximate surface area is 175 Å². The summed E-state index contributed by atoms with van der Waals surface area (Å²) in [5.74, 6) is 0.845. The van der Waals surface area contributed by atoms with Gasteiger partial charge in [0.15, 0.2) is 0 Å². The van der Waals surface area contributed by atoms with Crippen LogP contribution < -0.4 is 4.74 Å². The van der Waals surface area contributed by atoms with E-state index in [4.69, 9.17) is 4.74 Å². The molecular formula is C24H25N3O3. The summed E-state index contributed by atoms with van der Waals surface area (Å²) in [6, 6.07) is 11.6. The van der Waals surface area contributed by atoms with Gasteiger partial charge in [-0.25, -0.2) is 9.97 Å². The first kappa shape index (κ1) is 19.0. The van der Waals surface area contributed by atoms with Gasteiger partial charge in [0.2, 0.25) is 5.88 Å². The highest BCUT2D eigenvalue weighted by Crippen LogP contribution is 2.44. The van der Waals surface area contributed by atoms with Crippen molar-refractivity contribution in [2.24, 2.45) is 5.92 Å². The number of benzene rings is 2. The molecular weight excluding hydrogens is 378 g/mol. The number of fused-ring (bicyclic) bond motifs is 2. The fourth-order valence-electron chi connectivity index (χ4n) is 4.73. The third kappa shape index (κ3) is 3.12. The van der Waals surface area contributed by atoms with Crippen molar-refractivity contribution < 1.29 is 14.6 Å². The quantitative estimate of drug-likeness (QED) is 0.701. The molecule has 6 nitrogen and oxygen atoms in total. The summed E-state index contributed by atoms with van der Waals surface area (Å²) in [7, 11) is 1.57. The average molecular weight is 403 g/mol. The summed E-state index contributed by atoms with van der Waals surface area (Å²) >= 11 is 0. The van der Waals surface area contributed by atoms with E-state index in [1.165, 1.54) is 0 Å². The maximum atomic E-state index is 13.5. The highest BCUT2D eigenvalue weighted by atomic mass is 16.5. The highest BCUT2D eigenvalue weighted by molar-refractivity contribution is 6.05. The van der Waals surface area contributed by atoms with Crippen LogP contribution >= 0.6 is 0 Å². The number of hydrogen-bond acceptors (Lipinski definition) is 5. The molecule has 3 aromatic rings. The van der Waals surface area contributed by atoms with E-state index in [9.17, 15) is 9.90 Å². The molecule has 2 aromatic carbocycles. The maximum Gasteiger partial charge on any atom is 0.255 e. The van der Waals surface area contributed by atoms with E-state index < -0.39 is 5.60 Å². The predicted molar refractivity (Wildman–Crippen MR) is 114 cm³/mol. The van der Waals surface area contributed by atoms with Gasteiger partial charge in [-0.2, -0.15) is 0 Å². The van der Waals surface area contributed by atoms with Crippen molar-refractivity contribution in [3.05, 3.63) is 53.7 Å². The molecule has 2 heterocycles. The van der Waals surface area contributed by atoms with Gasteiger partial charge < -0.3 is 14.7 Å². The second-order valence-corrected chi connectivity index (χ2v) is 8.82. The summed E-state index contributed by atoms with van der Waals surface area (Å²) in [6.45, 7) is 4.16. The number of aromatic nitrogens is 2. The molecule has 1 unspecified atom stereocenters. The number of amides is 1. The van der Waals surface area contributed by atoms with Crippen LogP contribution in [0.5, 0.6) is 5.88 Å². The molecule has 0 saturated heterocycles. The molecule has 30 heavy (non-hydrogen) atoms. The molecule has 1 aliphatic carbocycles. The third-order valence-electron chi connectivity index (χ3n) is 6.13. The topological polar surface area (TPSA) is 75.5 Å². The summed E-state index contributed by atoms with van der Waals surface area (Å²) in [6.07, 6.45) is 3.72. The lowest BCUT2D eigenvalue weighted by Gasteiger charge is -2.37. The van der Waals surface area contributed by atoms with E-state index in [1.807, 2.05) is 55.1 Å². The normalized spacial score (nSPS) is 17.3. The van der Waals surface area contributed by atoms with Gasteiger partial charge in [-0.05, 0) is 61.4 Å². The molecule has 1 aliphatic heterocycles. The minimum atomic E-state index is -0.934. The third-order valence-corrected chi connectivity index (χ3v) is 6.13. The van der Waals surface area contributed by atoms with Crippen LogP contribution in [0.2, 0.25) is 0 Å². The van der Waals surface area contributed by atoms with Crippen LogP contribution in [0.15, 0.2) is 42.6 Å². The van der Waals surface area contributed by atoms with Crippen molar-refractivity contribution in [3.63, 3.8) is 0 Å². The Bertz CT molecular complexity index is 1150. The van der Waals surface area contributed by atoms with E-state index in [-0.39, 0.29) is 11.9 Å². The van der Waals surface area contributed by atoms with Crippen LogP contribution in [0.25, 0.3) is 22.2 Å². The molecule has 1 amide bonds. The lowest BCUT2D eigenvalue weighted by atomic mass is 9.92. The summed E-state index contributed by atoms with van der Waals surface area (Å²) in [4.78, 5) is 24.3. The van der Waals surface area contributed by atoms with E-state index in [2.05, 4.69) is 9.97 Å². The zero-order chi connectivity index (χ0) is 21.0. The largest absolute Gasteiger partial charge is 0.480 e. The van der Waals surface area contributed by atoms with Crippen molar-refractivity contribution in [1.29, 1.82) is 0 Å². The zero-order valence-corrected chi connectivity index (χ0v) is 17.4. The van der Waals surface area contributed by atoms with Gasteiger partial charge in [0.1, 0.15) is 0 Å². The number of carbonyl (C=O) groups excluding carboxylic acids is 1. The standard InChI is InChI=1S/C24H25N3O3/c1-24(2,29)22(14-7-8-14)27-13-16-5-4-6-17(21(16)23(27)28)15-9-10-18-19(11-15)25-12-20(26-18)30-3/h4-6,9-12,14,22,29H,7-8,13H2,1-3H3. The van der Waals surface area contributed by atoms with E-state index >= 15 is 0 Å². The Hall–Kier alpha value is -2.99. The van der Waals surface area contributed by atoms with Crippen molar-refractivity contribution in [2.45, 2.75) is 44.9 Å². The molecule has 1 N–H and O–H groups in total. The van der Waals surface area contributed by atoms with Crippen molar-refractivity contribution in [2.75, 3.05) is 7.11 Å². The van der Waals surface area contributed by atoms with E-state index in [0.29, 0.717) is 18.3 Å². The monoisotopic (exact) mass is 403 g/mol. The van der Waals surface area contributed by atoms with Gasteiger partial charge in [-0.15, -0.1) is 0 Å². The Kier molecular flexibility index (Phi) is 4.29. The van der Waals surface area contributed by atoms with Crippen molar-refractivity contribution in [1.82, 2.24) is 14.9 Å². The van der Waals surface area contributed by atoms with Gasteiger partial charge in [0, 0.05) is 6.54 Å². The van der Waals surface area contributed by atoms with Crippen LogP contribution in [0.4, 0.5) is 0 Å². The van der Waals surface area contributed by atoms with Crippen LogP contribution in [0.3, 0.4) is 0 Å². The number of hydrogen-bond donors (Lipinski definition) is 1. The van der Waals surface area contributed by atoms with E-state index in [0.717, 1.165) is 46.1 Å². The van der Waals surface area contributed by atoms with E-state index in [1.54, 1.807) is 13.3 Å². The molecule has 154 valence electrons. The summed E-state index contributed by atoms with van der Waals surface area (Å²) < 4.78 is 5.15. The fourth-order valence-corrected chi connectivity index (χ4v) is 4.73. The second-order valence-electron chi connectivity index (χ2n) is 8.82. The van der Waals surface area contributed by atoms with Gasteiger partial charge in [0.25, 0.3) is 5.91 Å². The lowest BCUT2D eigenvalue weighted by Crippen LogP contribution is -2.51. The Balaban J connectivity index is 1.56. The minimum absolute atomic E-state index is 0.000497. The molecule has 0 bridgehead atoms. The van der Waals surface area contributed by atoms with Gasteiger partial charge in [-0.3, -0.25) is 4.79 Å². The molecule has 1 atom stereocenters. The SMILES string of the molecule is COc1cnc2cc(-c3cccc4c3C(=O)N(C(C3CC3)C(C)(C)O)C4)ccc2n1. The Morgan fingerprint density at radius 2 is 2.00 bits per heavy atom. The van der Waals surface area contributed by atoms with Gasteiger partial charge >= 0.3 is 0 Å². The van der Waals surface area contributed by atoms with Crippen molar-refractivity contribution >= 4 is 16.9 Å². The maximum absolute atomic E-state index is 13.5. The summed E-state index contributed by atoms with van der Waals surface area (Å²) in [5, 5.41) is 10.8. The van der Waals surface area contributed by atoms with Gasteiger partial charge in [-0.1, -0.05) is 24.3 Å². The van der Waals surface area contributed by atoms with Crippen molar-refractivity contribution in [3.8, 4) is 17.0 Å². The number of nitrogens with zero attached hydrogens (tertiary/aromatic N) is 3. The first-order chi connectivity index (χ1) is 14.4. The first-order valence-corrected chi connectivity index (χ1v) is 10.3. The summed E-state index contributed by atoms with van der Waals surface area (Å²) in [5.41, 5.74) is 4.12. The molecule has 0 spiro atoms.